The smallest absolute Gasteiger partial charge is 0.243 e. The first-order chi connectivity index (χ1) is 18.5. The summed E-state index contributed by atoms with van der Waals surface area (Å²) in [5.74, 6) is 1.52. The zero-order valence-corrected chi connectivity index (χ0v) is 24.4. The van der Waals surface area contributed by atoms with E-state index in [1.165, 1.54) is 0 Å². The van der Waals surface area contributed by atoms with Crippen molar-refractivity contribution in [2.24, 2.45) is 0 Å². The van der Waals surface area contributed by atoms with Crippen LogP contribution in [0.15, 0.2) is 47.6 Å². The van der Waals surface area contributed by atoms with Gasteiger partial charge in [-0.3, -0.25) is 4.98 Å². The largest absolute Gasteiger partial charge is 0.490 e. The molecule has 1 aromatic heterocycles. The van der Waals surface area contributed by atoms with E-state index < -0.39 is 20.0 Å². The molecule has 2 fully saturated rings. The minimum absolute atomic E-state index is 0.0160. The molecule has 2 saturated heterocycles. The van der Waals surface area contributed by atoms with Crippen molar-refractivity contribution in [3.8, 4) is 11.5 Å². The van der Waals surface area contributed by atoms with Crippen LogP contribution in [0.4, 0.5) is 0 Å². The van der Waals surface area contributed by atoms with Crippen LogP contribution in [-0.4, -0.2) is 73.6 Å². The van der Waals surface area contributed by atoms with Crippen LogP contribution in [0, 0.1) is 0 Å². The van der Waals surface area contributed by atoms with Crippen molar-refractivity contribution in [2.75, 3.05) is 25.4 Å². The number of fused-ring (bicyclic) bond motifs is 1. The molecule has 1 unspecified atom stereocenters. The molecule has 5 rings (SSSR count). The minimum Gasteiger partial charge on any atom is -0.490 e. The van der Waals surface area contributed by atoms with Crippen molar-refractivity contribution in [3.63, 3.8) is 0 Å². The van der Waals surface area contributed by atoms with E-state index in [-0.39, 0.29) is 23.5 Å². The highest BCUT2D eigenvalue weighted by molar-refractivity contribution is 7.89. The molecular weight excluding hydrogens is 538 g/mol. The van der Waals surface area contributed by atoms with Crippen LogP contribution in [0.3, 0.4) is 0 Å². The van der Waals surface area contributed by atoms with Gasteiger partial charge in [0.15, 0.2) is 0 Å². The molecule has 0 spiro atoms. The maximum Gasteiger partial charge on any atom is 0.243 e. The van der Waals surface area contributed by atoms with E-state index in [9.17, 15) is 16.8 Å². The van der Waals surface area contributed by atoms with Gasteiger partial charge >= 0.3 is 0 Å². The fourth-order valence-corrected chi connectivity index (χ4v) is 9.14. The molecule has 0 radical (unpaired) electrons. The molecule has 1 atom stereocenters. The van der Waals surface area contributed by atoms with Crippen LogP contribution in [0.2, 0.25) is 0 Å². The number of benzene rings is 1. The van der Waals surface area contributed by atoms with Crippen molar-refractivity contribution >= 4 is 20.0 Å². The molecule has 0 saturated carbocycles. The van der Waals surface area contributed by atoms with Crippen molar-refractivity contribution < 1.29 is 26.3 Å². The summed E-state index contributed by atoms with van der Waals surface area (Å²) in [6.07, 6.45) is 8.71. The summed E-state index contributed by atoms with van der Waals surface area (Å²) in [6, 6.07) is 8.58. The molecular formula is C28H39N3O6S2. The molecule has 0 aliphatic carbocycles. The maximum absolute atomic E-state index is 13.6. The molecule has 1 aromatic carbocycles. The Hall–Kier alpha value is -2.21. The van der Waals surface area contributed by atoms with Crippen LogP contribution in [-0.2, 0) is 26.5 Å². The quantitative estimate of drug-likeness (QED) is 0.444. The van der Waals surface area contributed by atoms with E-state index in [4.69, 9.17) is 9.47 Å². The third-order valence-electron chi connectivity index (χ3n) is 8.03. The summed E-state index contributed by atoms with van der Waals surface area (Å²) < 4.78 is 68.3. The molecule has 11 heteroatoms. The number of aryl methyl sites for hydroxylation is 1. The van der Waals surface area contributed by atoms with E-state index in [1.807, 2.05) is 13.8 Å². The summed E-state index contributed by atoms with van der Waals surface area (Å²) in [6.45, 7) is 5.40. The Morgan fingerprint density at radius 3 is 2.51 bits per heavy atom. The lowest BCUT2D eigenvalue weighted by Gasteiger charge is -2.33. The second-order valence-electron chi connectivity index (χ2n) is 11.4. The average molecular weight is 578 g/mol. The van der Waals surface area contributed by atoms with E-state index in [2.05, 4.69) is 4.98 Å². The number of rotatable bonds is 9. The minimum atomic E-state index is -3.67. The van der Waals surface area contributed by atoms with Gasteiger partial charge in [-0.25, -0.2) is 21.1 Å². The van der Waals surface area contributed by atoms with Gasteiger partial charge in [0.25, 0.3) is 0 Å². The molecule has 0 bridgehead atoms. The monoisotopic (exact) mass is 577 g/mol. The zero-order chi connectivity index (χ0) is 27.7. The number of piperidine rings is 1. The number of sulfonamides is 2. The van der Waals surface area contributed by atoms with Gasteiger partial charge in [-0.2, -0.15) is 4.31 Å². The fourth-order valence-electron chi connectivity index (χ4n) is 5.81. The van der Waals surface area contributed by atoms with E-state index in [1.54, 1.807) is 51.3 Å². The van der Waals surface area contributed by atoms with Crippen LogP contribution in [0.25, 0.3) is 0 Å². The first-order valence-corrected chi connectivity index (χ1v) is 17.0. The SMILES string of the molecule is CC1(C)CCc2cc(S(=O)(=O)N3CCCC3CCCS(=O)(=O)N3CCC(Oc4ccncc4)CC3)ccc2O1. The van der Waals surface area contributed by atoms with E-state index >= 15 is 0 Å². The van der Waals surface area contributed by atoms with Crippen LogP contribution in [0.5, 0.6) is 11.5 Å². The molecule has 2 aromatic rings. The lowest BCUT2D eigenvalue weighted by atomic mass is 9.94. The molecule has 0 N–H and O–H groups in total. The number of hydrogen-bond acceptors (Lipinski definition) is 7. The highest BCUT2D eigenvalue weighted by atomic mass is 32.2. The highest BCUT2D eigenvalue weighted by Crippen LogP contribution is 2.36. The number of hydrogen-bond donors (Lipinski definition) is 0. The van der Waals surface area contributed by atoms with Gasteiger partial charge in [-0.05, 0) is 101 Å². The predicted molar refractivity (Wildman–Crippen MR) is 149 cm³/mol. The second-order valence-corrected chi connectivity index (χ2v) is 15.4. The molecule has 39 heavy (non-hydrogen) atoms. The van der Waals surface area contributed by atoms with Gasteiger partial charge in [-0.15, -0.1) is 0 Å². The van der Waals surface area contributed by atoms with Gasteiger partial charge in [-0.1, -0.05) is 0 Å². The number of aromatic nitrogens is 1. The number of pyridine rings is 1. The Labute approximate surface area is 232 Å². The molecule has 3 aliphatic heterocycles. The summed E-state index contributed by atoms with van der Waals surface area (Å²) in [5, 5.41) is 0. The standard InChI is InChI=1S/C28H39N3O6S2/c1-28(2)14-9-22-21-26(7-8-27(22)37-28)39(34,35)31-17-3-5-23(31)6-4-20-38(32,33)30-18-12-25(13-19-30)36-24-10-15-29-16-11-24/h7-8,10-11,15-16,21,23,25H,3-6,9,12-14,17-20H2,1-2H3. The topological polar surface area (TPSA) is 106 Å². The number of nitrogens with zero attached hydrogens (tertiary/aromatic N) is 3. The van der Waals surface area contributed by atoms with Gasteiger partial charge in [0.05, 0.1) is 10.6 Å². The Bertz CT molecular complexity index is 1360. The average Bonchev–Trinajstić information content (AvgIpc) is 3.38. The van der Waals surface area contributed by atoms with Crippen molar-refractivity contribution in [1.29, 1.82) is 0 Å². The van der Waals surface area contributed by atoms with Gasteiger partial charge in [0.1, 0.15) is 23.2 Å². The third kappa shape index (κ3) is 6.58. The predicted octanol–water partition coefficient (Wildman–Crippen LogP) is 3.99. The van der Waals surface area contributed by atoms with Crippen molar-refractivity contribution in [1.82, 2.24) is 13.6 Å². The van der Waals surface area contributed by atoms with Crippen LogP contribution >= 0.6 is 0 Å². The Kier molecular flexibility index (Phi) is 8.24. The maximum atomic E-state index is 13.6. The molecule has 9 nitrogen and oxygen atoms in total. The molecule has 0 amide bonds. The van der Waals surface area contributed by atoms with E-state index in [0.717, 1.165) is 42.7 Å². The van der Waals surface area contributed by atoms with Gasteiger partial charge in [0.2, 0.25) is 20.0 Å². The molecule has 4 heterocycles. The normalized spacial score (nSPS) is 22.8. The Morgan fingerprint density at radius 1 is 1.03 bits per heavy atom. The third-order valence-corrected chi connectivity index (χ3v) is 11.9. The first-order valence-electron chi connectivity index (χ1n) is 13.9. The highest BCUT2D eigenvalue weighted by Gasteiger charge is 2.37. The van der Waals surface area contributed by atoms with Gasteiger partial charge in [0, 0.05) is 38.1 Å². The van der Waals surface area contributed by atoms with Crippen LogP contribution < -0.4 is 9.47 Å². The summed E-state index contributed by atoms with van der Waals surface area (Å²) >= 11 is 0. The fraction of sp³-hybridized carbons (Fsp3) is 0.607. The molecule has 214 valence electrons. The Balaban J connectivity index is 1.14. The molecule has 3 aliphatic rings. The van der Waals surface area contributed by atoms with Crippen molar-refractivity contribution in [2.45, 2.75) is 87.9 Å². The summed E-state index contributed by atoms with van der Waals surface area (Å²) in [5.41, 5.74) is 0.671. The Morgan fingerprint density at radius 2 is 1.77 bits per heavy atom. The van der Waals surface area contributed by atoms with Crippen molar-refractivity contribution in [3.05, 3.63) is 48.3 Å². The lowest BCUT2D eigenvalue weighted by Crippen LogP contribution is -2.43. The zero-order valence-electron chi connectivity index (χ0n) is 22.8. The first kappa shape index (κ1) is 28.3. The van der Waals surface area contributed by atoms with Crippen LogP contribution in [0.1, 0.15) is 64.4 Å². The number of ether oxygens (including phenoxy) is 2. The second kappa shape index (κ2) is 11.3. The van der Waals surface area contributed by atoms with Gasteiger partial charge < -0.3 is 9.47 Å². The lowest BCUT2D eigenvalue weighted by molar-refractivity contribution is 0.0845. The van der Waals surface area contributed by atoms with E-state index in [0.29, 0.717) is 50.2 Å². The summed E-state index contributed by atoms with van der Waals surface area (Å²) in [7, 11) is -7.08. The summed E-state index contributed by atoms with van der Waals surface area (Å²) in [4.78, 5) is 4.28.